The van der Waals surface area contributed by atoms with Crippen molar-refractivity contribution in [2.45, 2.75) is 38.6 Å². The number of carbonyl (C=O) groups excluding carboxylic acids is 2. The zero-order chi connectivity index (χ0) is 16.8. The number of urea groups is 1. The van der Waals surface area contributed by atoms with Gasteiger partial charge in [-0.1, -0.05) is 35.7 Å². The summed E-state index contributed by atoms with van der Waals surface area (Å²) in [5.41, 5.74) is 0. The van der Waals surface area contributed by atoms with Crippen LogP contribution >= 0.6 is 15.9 Å². The molecule has 7 heteroatoms. The molecule has 1 saturated carbocycles. The number of hydrogen-bond acceptors (Lipinski definition) is 3. The molecule has 1 aliphatic carbocycles. The Hall–Kier alpha value is -1.63. The monoisotopic (exact) mass is 386 g/mol. The van der Waals surface area contributed by atoms with E-state index in [-0.39, 0.29) is 11.8 Å². The number of nitrogens with one attached hydrogen (secondary N) is 2. The fourth-order valence-electron chi connectivity index (χ4n) is 2.63. The normalized spacial score (nSPS) is 20.7. The lowest BCUT2D eigenvalue weighted by Gasteiger charge is -2.29. The molecule has 1 aromatic carbocycles. The minimum atomic E-state index is -0.617. The summed E-state index contributed by atoms with van der Waals surface area (Å²) in [5.74, 6) is -0.830. The predicted octanol–water partition coefficient (Wildman–Crippen LogP) is 3.37. The molecule has 0 spiro atoms. The van der Waals surface area contributed by atoms with Crippen molar-refractivity contribution >= 4 is 27.9 Å². The van der Waals surface area contributed by atoms with Gasteiger partial charge in [-0.05, 0) is 37.0 Å². The third-order valence-electron chi connectivity index (χ3n) is 3.93. The molecule has 0 aliphatic heterocycles. The van der Waals surface area contributed by atoms with E-state index >= 15 is 0 Å². The Morgan fingerprint density at radius 2 is 2.09 bits per heavy atom. The maximum absolute atomic E-state index is 13.5. The van der Waals surface area contributed by atoms with Crippen LogP contribution in [-0.2, 0) is 4.79 Å². The first-order chi connectivity index (χ1) is 11.0. The molecule has 3 amide bonds. The fourth-order valence-corrected chi connectivity index (χ4v) is 2.97. The first kappa shape index (κ1) is 17.7. The lowest BCUT2D eigenvalue weighted by molar-refractivity contribution is -0.122. The molecule has 23 heavy (non-hydrogen) atoms. The second-order valence-corrected chi connectivity index (χ2v) is 6.67. The van der Waals surface area contributed by atoms with Crippen LogP contribution in [0.3, 0.4) is 0 Å². The predicted molar refractivity (Wildman–Crippen MR) is 87.7 cm³/mol. The fraction of sp³-hybridized carbons (Fsp3) is 0.500. The third-order valence-corrected chi connectivity index (χ3v) is 4.43. The summed E-state index contributed by atoms with van der Waals surface area (Å²) in [7, 11) is 0. The van der Waals surface area contributed by atoms with Gasteiger partial charge in [-0.2, -0.15) is 0 Å². The van der Waals surface area contributed by atoms with E-state index in [1.165, 1.54) is 18.6 Å². The van der Waals surface area contributed by atoms with Crippen molar-refractivity contribution in [3.8, 4) is 5.75 Å². The van der Waals surface area contributed by atoms with E-state index in [0.29, 0.717) is 10.4 Å². The van der Waals surface area contributed by atoms with Gasteiger partial charge in [0.1, 0.15) is 0 Å². The van der Waals surface area contributed by atoms with Gasteiger partial charge in [-0.25, -0.2) is 9.18 Å². The van der Waals surface area contributed by atoms with Crippen molar-refractivity contribution in [1.82, 2.24) is 10.6 Å². The van der Waals surface area contributed by atoms with Gasteiger partial charge in [-0.15, -0.1) is 0 Å². The van der Waals surface area contributed by atoms with Crippen LogP contribution in [0.2, 0.25) is 0 Å². The number of hydrogen-bond donors (Lipinski definition) is 2. The largest absolute Gasteiger partial charge is 0.481 e. The smallest absolute Gasteiger partial charge is 0.321 e. The molecule has 0 aromatic heterocycles. The van der Waals surface area contributed by atoms with E-state index in [4.69, 9.17) is 4.74 Å². The Balaban J connectivity index is 1.76. The highest BCUT2D eigenvalue weighted by molar-refractivity contribution is 9.10. The molecular formula is C16H20BrFN2O3. The third kappa shape index (κ3) is 5.49. The van der Waals surface area contributed by atoms with E-state index in [0.717, 1.165) is 19.3 Å². The zero-order valence-corrected chi connectivity index (χ0v) is 14.5. The highest BCUT2D eigenvalue weighted by atomic mass is 79.9. The van der Waals surface area contributed by atoms with Crippen LogP contribution in [0.1, 0.15) is 32.6 Å². The van der Waals surface area contributed by atoms with Crippen LogP contribution in [-0.4, -0.2) is 24.6 Å². The first-order valence-electron chi connectivity index (χ1n) is 7.64. The van der Waals surface area contributed by atoms with Gasteiger partial charge in [0, 0.05) is 10.5 Å². The van der Waals surface area contributed by atoms with Crippen molar-refractivity contribution in [2.75, 3.05) is 6.61 Å². The van der Waals surface area contributed by atoms with Gasteiger partial charge >= 0.3 is 6.03 Å². The summed E-state index contributed by atoms with van der Waals surface area (Å²) in [6.07, 6.45) is 4.25. The number of halogens is 2. The van der Waals surface area contributed by atoms with E-state index in [2.05, 4.69) is 33.5 Å². The molecule has 1 aliphatic rings. The Labute approximate surface area is 143 Å². The summed E-state index contributed by atoms with van der Waals surface area (Å²) in [5, 5.41) is 5.01. The average Bonchev–Trinajstić information content (AvgIpc) is 2.48. The average molecular weight is 387 g/mol. The Kier molecular flexibility index (Phi) is 6.38. The lowest BCUT2D eigenvalue weighted by atomic mass is 9.86. The number of imide groups is 1. The van der Waals surface area contributed by atoms with Crippen molar-refractivity contribution in [1.29, 1.82) is 0 Å². The highest BCUT2D eigenvalue weighted by Crippen LogP contribution is 2.23. The van der Waals surface area contributed by atoms with Crippen LogP contribution in [0, 0.1) is 11.7 Å². The zero-order valence-electron chi connectivity index (χ0n) is 12.9. The Bertz CT molecular complexity index is 582. The minimum Gasteiger partial charge on any atom is -0.481 e. The summed E-state index contributed by atoms with van der Waals surface area (Å²) in [6.45, 7) is 1.66. The van der Waals surface area contributed by atoms with E-state index < -0.39 is 24.4 Å². The molecule has 0 heterocycles. The van der Waals surface area contributed by atoms with Gasteiger partial charge in [0.05, 0.1) is 0 Å². The molecule has 2 unspecified atom stereocenters. The number of amides is 3. The van der Waals surface area contributed by atoms with E-state index in [9.17, 15) is 14.0 Å². The molecule has 126 valence electrons. The molecule has 1 fully saturated rings. The van der Waals surface area contributed by atoms with E-state index in [1.54, 1.807) is 6.07 Å². The number of rotatable bonds is 4. The molecule has 2 atom stereocenters. The van der Waals surface area contributed by atoms with Crippen LogP contribution in [0.15, 0.2) is 22.7 Å². The van der Waals surface area contributed by atoms with Crippen LogP contribution in [0.25, 0.3) is 0 Å². The number of carbonyl (C=O) groups is 2. The summed E-state index contributed by atoms with van der Waals surface area (Å²) < 4.78 is 19.2. The standard InChI is InChI=1S/C16H20BrFN2O3/c1-10-4-2-3-5-13(10)19-16(22)20-15(21)9-23-14-7-6-11(17)8-12(14)18/h6-8,10,13H,2-5,9H2,1H3,(H2,19,20,21,22). The van der Waals surface area contributed by atoms with Crippen molar-refractivity contribution in [2.24, 2.45) is 5.92 Å². The first-order valence-corrected chi connectivity index (χ1v) is 8.43. The summed E-state index contributed by atoms with van der Waals surface area (Å²) >= 11 is 3.13. The van der Waals surface area contributed by atoms with Crippen molar-refractivity contribution in [3.05, 3.63) is 28.5 Å². The van der Waals surface area contributed by atoms with E-state index in [1.807, 2.05) is 0 Å². The van der Waals surface area contributed by atoms with Gasteiger partial charge < -0.3 is 10.1 Å². The maximum Gasteiger partial charge on any atom is 0.321 e. The van der Waals surface area contributed by atoms with Gasteiger partial charge in [0.2, 0.25) is 0 Å². The molecule has 0 bridgehead atoms. The Morgan fingerprint density at radius 3 is 2.78 bits per heavy atom. The number of benzene rings is 1. The van der Waals surface area contributed by atoms with Gasteiger partial charge in [0.15, 0.2) is 18.2 Å². The molecular weight excluding hydrogens is 367 g/mol. The minimum absolute atomic E-state index is 0.0374. The molecule has 0 radical (unpaired) electrons. The topological polar surface area (TPSA) is 67.4 Å². The summed E-state index contributed by atoms with van der Waals surface area (Å²) in [6, 6.07) is 3.81. The molecule has 2 rings (SSSR count). The molecule has 1 aromatic rings. The maximum atomic E-state index is 13.5. The quantitative estimate of drug-likeness (QED) is 0.833. The van der Waals surface area contributed by atoms with Gasteiger partial charge in [0.25, 0.3) is 5.91 Å². The van der Waals surface area contributed by atoms with Crippen LogP contribution in [0.4, 0.5) is 9.18 Å². The van der Waals surface area contributed by atoms with Crippen LogP contribution in [0.5, 0.6) is 5.75 Å². The van der Waals surface area contributed by atoms with Crippen LogP contribution < -0.4 is 15.4 Å². The second-order valence-electron chi connectivity index (χ2n) is 5.75. The highest BCUT2D eigenvalue weighted by Gasteiger charge is 2.23. The van der Waals surface area contributed by atoms with Crippen molar-refractivity contribution in [3.63, 3.8) is 0 Å². The molecule has 2 N–H and O–H groups in total. The molecule has 0 saturated heterocycles. The second kappa shape index (κ2) is 8.29. The molecule has 5 nitrogen and oxygen atoms in total. The van der Waals surface area contributed by atoms with Crippen molar-refractivity contribution < 1.29 is 18.7 Å². The summed E-state index contributed by atoms with van der Waals surface area (Å²) in [4.78, 5) is 23.5. The number of ether oxygens (including phenoxy) is 1. The van der Waals surface area contributed by atoms with Gasteiger partial charge in [-0.3, -0.25) is 10.1 Å². The lowest BCUT2D eigenvalue weighted by Crippen LogP contribution is -2.48. The Morgan fingerprint density at radius 1 is 1.35 bits per heavy atom. The SMILES string of the molecule is CC1CCCCC1NC(=O)NC(=O)COc1ccc(Br)cc1F.